The summed E-state index contributed by atoms with van der Waals surface area (Å²) in [4.78, 5) is 0. The zero-order valence-corrected chi connectivity index (χ0v) is 12.2. The first-order valence-electron chi connectivity index (χ1n) is 7.18. The number of aryl methyl sites for hydroxylation is 1. The second kappa shape index (κ2) is 10.8. The Bertz CT molecular complexity index is 308. The molecule has 0 bridgehead atoms. The Morgan fingerprint density at radius 2 is 1.37 bits per heavy atom. The Labute approximate surface area is 116 Å². The third-order valence-corrected chi connectivity index (χ3v) is 2.65. The first-order chi connectivity index (χ1) is 9.33. The average Bonchev–Trinajstić information content (AvgIpc) is 2.43. The summed E-state index contributed by atoms with van der Waals surface area (Å²) in [6.07, 6.45) is 2.97. The van der Waals surface area contributed by atoms with E-state index in [0.717, 1.165) is 51.4 Å². The molecule has 0 aliphatic heterocycles. The maximum atomic E-state index is 5.62. The molecule has 0 amide bonds. The third-order valence-electron chi connectivity index (χ3n) is 2.65. The number of hydrogen-bond donors (Lipinski definition) is 0. The summed E-state index contributed by atoms with van der Waals surface area (Å²) in [7, 11) is 0. The predicted octanol–water partition coefficient (Wildman–Crippen LogP) is 3.60. The second-order valence-corrected chi connectivity index (χ2v) is 4.59. The van der Waals surface area contributed by atoms with E-state index < -0.39 is 0 Å². The summed E-state index contributed by atoms with van der Waals surface area (Å²) in [5, 5.41) is 0. The zero-order chi connectivity index (χ0) is 13.8. The monoisotopic (exact) mass is 266 g/mol. The molecule has 3 nitrogen and oxygen atoms in total. The molecule has 108 valence electrons. The molecule has 0 aromatic heterocycles. The smallest absolute Gasteiger partial charge is 0.119 e. The largest absolute Gasteiger partial charge is 0.494 e. The molecular formula is C16H26O3. The molecule has 0 fully saturated rings. The van der Waals surface area contributed by atoms with Crippen LogP contribution in [-0.4, -0.2) is 33.0 Å². The molecule has 1 rings (SSSR count). The van der Waals surface area contributed by atoms with Gasteiger partial charge < -0.3 is 14.2 Å². The number of ether oxygens (including phenoxy) is 3. The Balaban J connectivity index is 1.87. The highest BCUT2D eigenvalue weighted by molar-refractivity contribution is 5.26. The van der Waals surface area contributed by atoms with Gasteiger partial charge in [-0.15, -0.1) is 0 Å². The van der Waals surface area contributed by atoms with Crippen molar-refractivity contribution in [2.75, 3.05) is 33.0 Å². The summed E-state index contributed by atoms with van der Waals surface area (Å²) in [6.45, 7) is 8.06. The fourth-order valence-electron chi connectivity index (χ4n) is 1.60. The quantitative estimate of drug-likeness (QED) is 0.573. The van der Waals surface area contributed by atoms with Gasteiger partial charge in [0.25, 0.3) is 0 Å². The van der Waals surface area contributed by atoms with Crippen LogP contribution in [0.4, 0.5) is 0 Å². The van der Waals surface area contributed by atoms with Crippen molar-refractivity contribution in [2.24, 2.45) is 0 Å². The van der Waals surface area contributed by atoms with E-state index in [4.69, 9.17) is 14.2 Å². The lowest BCUT2D eigenvalue weighted by atomic mass is 10.2. The fourth-order valence-corrected chi connectivity index (χ4v) is 1.60. The molecule has 3 heteroatoms. The second-order valence-electron chi connectivity index (χ2n) is 4.59. The summed E-state index contributed by atoms with van der Waals surface area (Å²) in [5.41, 5.74) is 1.25. The Morgan fingerprint density at radius 3 is 2.00 bits per heavy atom. The van der Waals surface area contributed by atoms with Crippen molar-refractivity contribution in [3.8, 4) is 5.75 Å². The van der Waals surface area contributed by atoms with Crippen molar-refractivity contribution in [3.63, 3.8) is 0 Å². The van der Waals surface area contributed by atoms with E-state index in [0.29, 0.717) is 6.61 Å². The molecule has 0 unspecified atom stereocenters. The highest BCUT2D eigenvalue weighted by Crippen LogP contribution is 2.11. The normalized spacial score (nSPS) is 10.6. The van der Waals surface area contributed by atoms with Crippen LogP contribution in [0.1, 0.15) is 31.7 Å². The van der Waals surface area contributed by atoms with Gasteiger partial charge in [-0.1, -0.05) is 24.6 Å². The summed E-state index contributed by atoms with van der Waals surface area (Å²) >= 11 is 0. The van der Waals surface area contributed by atoms with Gasteiger partial charge in [-0.3, -0.25) is 0 Å². The number of rotatable bonds is 11. The van der Waals surface area contributed by atoms with Crippen molar-refractivity contribution >= 4 is 0 Å². The van der Waals surface area contributed by atoms with Crippen LogP contribution in [0.15, 0.2) is 24.3 Å². The fraction of sp³-hybridized carbons (Fsp3) is 0.625. The van der Waals surface area contributed by atoms with Gasteiger partial charge in [-0.05, 0) is 31.9 Å². The molecule has 0 spiro atoms. The molecular weight excluding hydrogens is 240 g/mol. The standard InChI is InChI=1S/C16H26O3/c1-3-10-17-11-4-12-18-13-5-14-19-16-8-6-15(2)7-9-16/h6-9H,3-5,10-14H2,1-2H3. The molecule has 0 saturated carbocycles. The molecule has 0 heterocycles. The third kappa shape index (κ3) is 8.62. The van der Waals surface area contributed by atoms with Crippen molar-refractivity contribution in [2.45, 2.75) is 33.1 Å². The minimum absolute atomic E-state index is 0.704. The molecule has 0 aliphatic rings. The van der Waals surface area contributed by atoms with Gasteiger partial charge in [0.15, 0.2) is 0 Å². The highest BCUT2D eigenvalue weighted by atomic mass is 16.5. The van der Waals surface area contributed by atoms with Gasteiger partial charge >= 0.3 is 0 Å². The lowest BCUT2D eigenvalue weighted by molar-refractivity contribution is 0.0777. The Morgan fingerprint density at radius 1 is 0.789 bits per heavy atom. The lowest BCUT2D eigenvalue weighted by Gasteiger charge is -2.07. The van der Waals surface area contributed by atoms with Crippen molar-refractivity contribution in [3.05, 3.63) is 29.8 Å². The van der Waals surface area contributed by atoms with Crippen molar-refractivity contribution in [1.29, 1.82) is 0 Å². The predicted molar refractivity (Wildman–Crippen MR) is 77.8 cm³/mol. The van der Waals surface area contributed by atoms with Crippen LogP contribution in [0.3, 0.4) is 0 Å². The van der Waals surface area contributed by atoms with E-state index in [1.54, 1.807) is 0 Å². The van der Waals surface area contributed by atoms with Gasteiger partial charge in [0.2, 0.25) is 0 Å². The van der Waals surface area contributed by atoms with Crippen molar-refractivity contribution < 1.29 is 14.2 Å². The molecule has 0 saturated heterocycles. The first kappa shape index (κ1) is 16.0. The zero-order valence-electron chi connectivity index (χ0n) is 12.2. The topological polar surface area (TPSA) is 27.7 Å². The number of hydrogen-bond acceptors (Lipinski definition) is 3. The van der Waals surface area contributed by atoms with Gasteiger partial charge in [0.1, 0.15) is 5.75 Å². The first-order valence-corrected chi connectivity index (χ1v) is 7.18. The summed E-state index contributed by atoms with van der Waals surface area (Å²) in [6, 6.07) is 8.12. The van der Waals surface area contributed by atoms with Gasteiger partial charge in [0, 0.05) is 32.8 Å². The minimum atomic E-state index is 0.704. The Hall–Kier alpha value is -1.06. The Kier molecular flexibility index (Phi) is 9.11. The van der Waals surface area contributed by atoms with Crippen molar-refractivity contribution in [1.82, 2.24) is 0 Å². The molecule has 1 aromatic carbocycles. The van der Waals surface area contributed by atoms with E-state index in [9.17, 15) is 0 Å². The minimum Gasteiger partial charge on any atom is -0.494 e. The van der Waals surface area contributed by atoms with E-state index in [1.165, 1.54) is 5.56 Å². The van der Waals surface area contributed by atoms with E-state index >= 15 is 0 Å². The molecule has 0 radical (unpaired) electrons. The van der Waals surface area contributed by atoms with Crippen LogP contribution >= 0.6 is 0 Å². The van der Waals surface area contributed by atoms with E-state index in [2.05, 4.69) is 26.0 Å². The lowest BCUT2D eigenvalue weighted by Crippen LogP contribution is -2.06. The summed E-state index contributed by atoms with van der Waals surface area (Å²) in [5.74, 6) is 0.929. The van der Waals surface area contributed by atoms with Gasteiger partial charge in [-0.2, -0.15) is 0 Å². The van der Waals surface area contributed by atoms with Gasteiger partial charge in [-0.25, -0.2) is 0 Å². The molecule has 0 N–H and O–H groups in total. The van der Waals surface area contributed by atoms with Crippen LogP contribution in [0.2, 0.25) is 0 Å². The average molecular weight is 266 g/mol. The van der Waals surface area contributed by atoms with Gasteiger partial charge in [0.05, 0.1) is 6.61 Å². The van der Waals surface area contributed by atoms with Crippen LogP contribution in [0.5, 0.6) is 5.75 Å². The van der Waals surface area contributed by atoms with E-state index in [1.807, 2.05) is 12.1 Å². The van der Waals surface area contributed by atoms with Crippen LogP contribution in [-0.2, 0) is 9.47 Å². The maximum absolute atomic E-state index is 5.62. The van der Waals surface area contributed by atoms with Crippen LogP contribution in [0, 0.1) is 6.92 Å². The molecule has 0 aliphatic carbocycles. The molecule has 1 aromatic rings. The number of benzene rings is 1. The highest BCUT2D eigenvalue weighted by Gasteiger charge is 1.94. The molecule has 0 atom stereocenters. The summed E-state index contributed by atoms with van der Waals surface area (Å²) < 4.78 is 16.5. The van der Waals surface area contributed by atoms with Crippen LogP contribution in [0.25, 0.3) is 0 Å². The van der Waals surface area contributed by atoms with Crippen LogP contribution < -0.4 is 4.74 Å². The molecule has 19 heavy (non-hydrogen) atoms. The SMILES string of the molecule is CCCOCCCOCCCOc1ccc(C)cc1. The maximum Gasteiger partial charge on any atom is 0.119 e. The van der Waals surface area contributed by atoms with E-state index in [-0.39, 0.29) is 0 Å².